The summed E-state index contributed by atoms with van der Waals surface area (Å²) < 4.78 is 28.7. The fourth-order valence-corrected chi connectivity index (χ4v) is 2.50. The molecule has 1 aliphatic carbocycles. The maximum absolute atomic E-state index is 12.2. The lowest BCUT2D eigenvalue weighted by molar-refractivity contribution is -0.0497. The van der Waals surface area contributed by atoms with Crippen molar-refractivity contribution in [3.05, 3.63) is 23.2 Å². The van der Waals surface area contributed by atoms with E-state index in [4.69, 9.17) is 11.6 Å². The van der Waals surface area contributed by atoms with E-state index in [1.807, 2.05) is 0 Å². The second-order valence-electron chi connectivity index (χ2n) is 5.13. The molecular weight excluding hydrogens is 318 g/mol. The summed E-state index contributed by atoms with van der Waals surface area (Å²) in [6, 6.07) is 3.65. The van der Waals surface area contributed by atoms with E-state index in [2.05, 4.69) is 15.4 Å². The summed E-state index contributed by atoms with van der Waals surface area (Å²) in [5.41, 5.74) is 0.299. The molecule has 5 nitrogen and oxygen atoms in total. The Hall–Kier alpha value is -1.60. The zero-order chi connectivity index (χ0) is 16.1. The maximum Gasteiger partial charge on any atom is 0.387 e. The van der Waals surface area contributed by atoms with Crippen LogP contribution in [0.1, 0.15) is 25.7 Å². The highest BCUT2D eigenvalue weighted by Crippen LogP contribution is 2.29. The molecule has 1 aliphatic rings. The molecule has 2 rings (SSSR count). The van der Waals surface area contributed by atoms with Gasteiger partial charge in [0, 0.05) is 17.8 Å². The molecule has 0 aromatic heterocycles. The van der Waals surface area contributed by atoms with E-state index in [-0.39, 0.29) is 22.9 Å². The Morgan fingerprint density at radius 1 is 1.32 bits per heavy atom. The summed E-state index contributed by atoms with van der Waals surface area (Å²) in [6.45, 7) is -2.99. The van der Waals surface area contributed by atoms with Crippen molar-refractivity contribution in [1.29, 1.82) is 0 Å². The van der Waals surface area contributed by atoms with Crippen LogP contribution in [0.2, 0.25) is 5.02 Å². The molecular formula is C14H17ClF2N2O3. The number of hydrogen-bond donors (Lipinski definition) is 3. The van der Waals surface area contributed by atoms with Gasteiger partial charge in [0.15, 0.2) is 0 Å². The fourth-order valence-electron chi connectivity index (χ4n) is 2.34. The van der Waals surface area contributed by atoms with Gasteiger partial charge < -0.3 is 20.5 Å². The number of hydrogen-bond acceptors (Lipinski definition) is 3. The molecule has 122 valence electrons. The molecule has 1 aromatic rings. The van der Waals surface area contributed by atoms with Crippen LogP contribution in [0.3, 0.4) is 0 Å². The van der Waals surface area contributed by atoms with Crippen molar-refractivity contribution in [1.82, 2.24) is 5.32 Å². The smallest absolute Gasteiger partial charge is 0.387 e. The second-order valence-corrected chi connectivity index (χ2v) is 5.53. The van der Waals surface area contributed by atoms with Crippen molar-refractivity contribution < 1.29 is 23.4 Å². The van der Waals surface area contributed by atoms with Crippen LogP contribution in [0, 0.1) is 0 Å². The molecule has 0 atom stereocenters. The predicted octanol–water partition coefficient (Wildman–Crippen LogP) is 3.37. The third-order valence-corrected chi connectivity index (χ3v) is 3.75. The number of urea groups is 1. The van der Waals surface area contributed by atoms with E-state index < -0.39 is 12.6 Å². The molecule has 0 radical (unpaired) electrons. The SMILES string of the molecule is O=C(Nc1ccc(Cl)c(OC(F)F)c1)NC1CCC(O)CC1. The number of ether oxygens (including phenoxy) is 1. The highest BCUT2D eigenvalue weighted by atomic mass is 35.5. The van der Waals surface area contributed by atoms with Crippen molar-refractivity contribution in [2.24, 2.45) is 0 Å². The number of benzene rings is 1. The summed E-state index contributed by atoms with van der Waals surface area (Å²) in [6.07, 6.45) is 2.41. The van der Waals surface area contributed by atoms with Crippen LogP contribution in [0.25, 0.3) is 0 Å². The Labute approximate surface area is 131 Å². The van der Waals surface area contributed by atoms with Gasteiger partial charge in [-0.25, -0.2) is 4.79 Å². The van der Waals surface area contributed by atoms with Crippen LogP contribution in [0.5, 0.6) is 5.75 Å². The number of carbonyl (C=O) groups excluding carboxylic acids is 1. The van der Waals surface area contributed by atoms with E-state index in [1.54, 1.807) is 0 Å². The Kier molecular flexibility index (Phi) is 5.79. The average molecular weight is 335 g/mol. The second kappa shape index (κ2) is 7.60. The van der Waals surface area contributed by atoms with Crippen molar-refractivity contribution in [2.75, 3.05) is 5.32 Å². The lowest BCUT2D eigenvalue weighted by atomic mass is 9.93. The van der Waals surface area contributed by atoms with E-state index in [9.17, 15) is 18.7 Å². The normalized spacial score (nSPS) is 21.5. The number of nitrogens with one attached hydrogen (secondary N) is 2. The van der Waals surface area contributed by atoms with E-state index in [0.29, 0.717) is 31.4 Å². The van der Waals surface area contributed by atoms with Gasteiger partial charge in [-0.05, 0) is 37.8 Å². The fraction of sp³-hybridized carbons (Fsp3) is 0.500. The number of anilines is 1. The zero-order valence-electron chi connectivity index (χ0n) is 11.7. The minimum atomic E-state index is -2.99. The van der Waals surface area contributed by atoms with Gasteiger partial charge >= 0.3 is 12.6 Å². The summed E-state index contributed by atoms with van der Waals surface area (Å²) in [5.74, 6) is -0.199. The van der Waals surface area contributed by atoms with Crippen LogP contribution in [-0.4, -0.2) is 29.9 Å². The molecule has 0 heterocycles. The first kappa shape index (κ1) is 16.8. The first-order chi connectivity index (χ1) is 10.4. The van der Waals surface area contributed by atoms with Crippen molar-refractivity contribution in [3.63, 3.8) is 0 Å². The van der Waals surface area contributed by atoms with Crippen LogP contribution in [0.15, 0.2) is 18.2 Å². The van der Waals surface area contributed by atoms with Gasteiger partial charge in [0.2, 0.25) is 0 Å². The minimum Gasteiger partial charge on any atom is -0.433 e. The number of amides is 2. The molecule has 0 spiro atoms. The van der Waals surface area contributed by atoms with Gasteiger partial charge in [-0.15, -0.1) is 0 Å². The number of halogens is 3. The molecule has 2 amide bonds. The monoisotopic (exact) mass is 334 g/mol. The van der Waals surface area contributed by atoms with Crippen LogP contribution in [-0.2, 0) is 0 Å². The molecule has 0 unspecified atom stereocenters. The topological polar surface area (TPSA) is 70.6 Å². The molecule has 22 heavy (non-hydrogen) atoms. The molecule has 0 aliphatic heterocycles. The molecule has 3 N–H and O–H groups in total. The number of rotatable bonds is 4. The largest absolute Gasteiger partial charge is 0.433 e. The number of alkyl halides is 2. The molecule has 1 fully saturated rings. The summed E-state index contributed by atoms with van der Waals surface area (Å²) >= 11 is 5.74. The van der Waals surface area contributed by atoms with Crippen molar-refractivity contribution in [2.45, 2.75) is 44.4 Å². The standard InChI is InChI=1S/C14H17ClF2N2O3/c15-11-6-3-9(7-12(11)22-13(16)17)19-14(21)18-8-1-4-10(20)5-2-8/h3,6-8,10,13,20H,1-2,4-5H2,(H2,18,19,21). The van der Waals surface area contributed by atoms with Gasteiger partial charge in [-0.1, -0.05) is 11.6 Å². The van der Waals surface area contributed by atoms with E-state index in [1.165, 1.54) is 18.2 Å². The third kappa shape index (κ3) is 4.99. The average Bonchev–Trinajstić information content (AvgIpc) is 2.44. The zero-order valence-corrected chi connectivity index (χ0v) is 12.4. The van der Waals surface area contributed by atoms with Crippen molar-refractivity contribution >= 4 is 23.3 Å². The lowest BCUT2D eigenvalue weighted by Crippen LogP contribution is -2.40. The minimum absolute atomic E-state index is 0.00696. The van der Waals surface area contributed by atoms with Crippen LogP contribution < -0.4 is 15.4 Å². The lowest BCUT2D eigenvalue weighted by Gasteiger charge is -2.26. The van der Waals surface area contributed by atoms with Gasteiger partial charge in [0.1, 0.15) is 5.75 Å². The maximum atomic E-state index is 12.2. The van der Waals surface area contributed by atoms with Gasteiger partial charge in [0.05, 0.1) is 11.1 Å². The van der Waals surface area contributed by atoms with Gasteiger partial charge in [-0.2, -0.15) is 8.78 Å². The third-order valence-electron chi connectivity index (χ3n) is 3.44. The summed E-state index contributed by atoms with van der Waals surface area (Å²) in [5, 5.41) is 14.8. The molecule has 1 saturated carbocycles. The van der Waals surface area contributed by atoms with Gasteiger partial charge in [-0.3, -0.25) is 0 Å². The summed E-state index contributed by atoms with van der Waals surface area (Å²) in [4.78, 5) is 11.9. The van der Waals surface area contributed by atoms with E-state index in [0.717, 1.165) is 0 Å². The summed E-state index contributed by atoms with van der Waals surface area (Å²) in [7, 11) is 0. The number of carbonyl (C=O) groups is 1. The van der Waals surface area contributed by atoms with E-state index >= 15 is 0 Å². The van der Waals surface area contributed by atoms with Crippen LogP contribution >= 0.6 is 11.6 Å². The number of aliphatic hydroxyl groups is 1. The Balaban J connectivity index is 1.91. The first-order valence-electron chi connectivity index (χ1n) is 6.94. The predicted molar refractivity (Wildman–Crippen MR) is 78.5 cm³/mol. The molecule has 1 aromatic carbocycles. The van der Waals surface area contributed by atoms with Crippen molar-refractivity contribution in [3.8, 4) is 5.75 Å². The highest BCUT2D eigenvalue weighted by molar-refractivity contribution is 6.32. The molecule has 8 heteroatoms. The van der Waals surface area contributed by atoms with Crippen LogP contribution in [0.4, 0.5) is 19.3 Å². The molecule has 0 saturated heterocycles. The number of aliphatic hydroxyl groups excluding tert-OH is 1. The Morgan fingerprint density at radius 2 is 2.00 bits per heavy atom. The Morgan fingerprint density at radius 3 is 2.64 bits per heavy atom. The van der Waals surface area contributed by atoms with Gasteiger partial charge in [0.25, 0.3) is 0 Å². The quantitative estimate of drug-likeness (QED) is 0.790. The molecule has 0 bridgehead atoms. The Bertz CT molecular complexity index is 523. The first-order valence-corrected chi connectivity index (χ1v) is 7.32. The highest BCUT2D eigenvalue weighted by Gasteiger charge is 2.21.